The van der Waals surface area contributed by atoms with Crippen molar-refractivity contribution in [3.05, 3.63) is 30.0 Å². The Hall–Kier alpha value is -2.21. The maximum atomic E-state index is 12.3. The summed E-state index contributed by atoms with van der Waals surface area (Å²) < 4.78 is 0. The van der Waals surface area contributed by atoms with Gasteiger partial charge < -0.3 is 9.80 Å². The lowest BCUT2D eigenvalue weighted by Crippen LogP contribution is -2.49. The van der Waals surface area contributed by atoms with Gasteiger partial charge >= 0.3 is 0 Å². The molecule has 20 heavy (non-hydrogen) atoms. The molecular weight excluding hydrogens is 256 g/mol. The number of rotatable bonds is 2. The van der Waals surface area contributed by atoms with Crippen LogP contribution in [0.4, 0.5) is 0 Å². The maximum Gasteiger partial charge on any atom is 0.296 e. The zero-order chi connectivity index (χ0) is 14.1. The number of carbonyl (C=O) groups excluding carboxylic acids is 2. The van der Waals surface area contributed by atoms with Gasteiger partial charge in [-0.1, -0.05) is 18.2 Å². The number of piperazine rings is 1. The zero-order valence-electron chi connectivity index (χ0n) is 11.3. The number of carbonyl (C=O) groups is 2. The number of para-hydroxylation sites is 1. The van der Waals surface area contributed by atoms with Gasteiger partial charge in [-0.05, 0) is 13.1 Å². The van der Waals surface area contributed by atoms with Gasteiger partial charge in [0.2, 0.25) is 0 Å². The molecule has 0 atom stereocenters. The molecule has 1 amide bonds. The molecule has 1 aliphatic rings. The minimum atomic E-state index is -0.535. The van der Waals surface area contributed by atoms with E-state index in [-0.39, 0.29) is 5.69 Å². The molecule has 3 rings (SSSR count). The number of hydrogen-bond donors (Lipinski definition) is 1. The topological polar surface area (TPSA) is 69.3 Å². The largest absolute Gasteiger partial charge is 0.333 e. The van der Waals surface area contributed by atoms with Gasteiger partial charge in [0.05, 0.1) is 5.52 Å². The van der Waals surface area contributed by atoms with Gasteiger partial charge in [-0.15, -0.1) is 0 Å². The Labute approximate surface area is 116 Å². The molecule has 0 saturated carbocycles. The summed E-state index contributed by atoms with van der Waals surface area (Å²) in [5, 5.41) is 7.47. The maximum absolute atomic E-state index is 12.3. The average molecular weight is 272 g/mol. The van der Waals surface area contributed by atoms with Crippen molar-refractivity contribution < 1.29 is 9.59 Å². The standard InChI is InChI=1S/C14H16N4O2/c1-17-6-8-18(9-7-17)14(20)13(19)12-10-4-2-3-5-11(10)15-16-12/h2-5H,6-9H2,1H3,(H,15,16). The summed E-state index contributed by atoms with van der Waals surface area (Å²) in [7, 11) is 2.00. The molecule has 1 saturated heterocycles. The fourth-order valence-corrected chi connectivity index (χ4v) is 2.39. The quantitative estimate of drug-likeness (QED) is 0.639. The summed E-state index contributed by atoms with van der Waals surface area (Å²) in [5.74, 6) is -0.998. The predicted molar refractivity (Wildman–Crippen MR) is 74.5 cm³/mol. The number of benzene rings is 1. The van der Waals surface area contributed by atoms with Gasteiger partial charge in [-0.3, -0.25) is 14.7 Å². The second-order valence-electron chi connectivity index (χ2n) is 5.04. The fraction of sp³-hybridized carbons (Fsp3) is 0.357. The molecule has 6 nitrogen and oxygen atoms in total. The molecule has 104 valence electrons. The number of H-pyrrole nitrogens is 1. The number of aromatic nitrogens is 2. The molecule has 2 aromatic rings. The lowest BCUT2D eigenvalue weighted by atomic mass is 10.1. The summed E-state index contributed by atoms with van der Waals surface area (Å²) in [5.41, 5.74) is 0.978. The third-order valence-corrected chi connectivity index (χ3v) is 3.67. The van der Waals surface area contributed by atoms with Crippen LogP contribution in [0.15, 0.2) is 24.3 Å². The average Bonchev–Trinajstić information content (AvgIpc) is 2.90. The number of fused-ring (bicyclic) bond motifs is 1. The Bertz CT molecular complexity index is 656. The Morgan fingerprint density at radius 3 is 2.60 bits per heavy atom. The van der Waals surface area contributed by atoms with Crippen LogP contribution in [0.3, 0.4) is 0 Å². The van der Waals surface area contributed by atoms with Crippen LogP contribution < -0.4 is 0 Å². The molecule has 0 spiro atoms. The second kappa shape index (κ2) is 5.05. The van der Waals surface area contributed by atoms with Crippen LogP contribution in [0.5, 0.6) is 0 Å². The van der Waals surface area contributed by atoms with Gasteiger partial charge in [-0.25, -0.2) is 0 Å². The van der Waals surface area contributed by atoms with E-state index < -0.39 is 11.7 Å². The van der Waals surface area contributed by atoms with Crippen LogP contribution in [-0.2, 0) is 4.79 Å². The highest BCUT2D eigenvalue weighted by Gasteiger charge is 2.28. The van der Waals surface area contributed by atoms with Gasteiger partial charge in [0, 0.05) is 31.6 Å². The molecular formula is C14H16N4O2. The van der Waals surface area contributed by atoms with Gasteiger partial charge in [0.25, 0.3) is 11.7 Å². The fourth-order valence-electron chi connectivity index (χ4n) is 2.39. The first-order valence-corrected chi connectivity index (χ1v) is 6.62. The van der Waals surface area contributed by atoms with E-state index in [9.17, 15) is 9.59 Å². The van der Waals surface area contributed by atoms with E-state index in [2.05, 4.69) is 15.1 Å². The van der Waals surface area contributed by atoms with E-state index in [0.29, 0.717) is 18.5 Å². The molecule has 0 aliphatic carbocycles. The molecule has 1 aliphatic heterocycles. The highest BCUT2D eigenvalue weighted by atomic mass is 16.2. The Morgan fingerprint density at radius 2 is 1.85 bits per heavy atom. The first-order chi connectivity index (χ1) is 9.66. The molecule has 6 heteroatoms. The summed E-state index contributed by atoms with van der Waals surface area (Å²) in [4.78, 5) is 28.3. The van der Waals surface area contributed by atoms with Crippen molar-refractivity contribution in [1.82, 2.24) is 20.0 Å². The van der Waals surface area contributed by atoms with Crippen molar-refractivity contribution in [2.24, 2.45) is 0 Å². The van der Waals surface area contributed by atoms with Crippen LogP contribution in [0.2, 0.25) is 0 Å². The molecule has 0 unspecified atom stereocenters. The van der Waals surface area contributed by atoms with Gasteiger partial charge in [0.1, 0.15) is 5.69 Å². The summed E-state index contributed by atoms with van der Waals surface area (Å²) in [6, 6.07) is 7.31. The van der Waals surface area contributed by atoms with Crippen molar-refractivity contribution in [2.45, 2.75) is 0 Å². The Balaban J connectivity index is 1.83. The van der Waals surface area contributed by atoms with Gasteiger partial charge in [-0.2, -0.15) is 5.10 Å². The van der Waals surface area contributed by atoms with Crippen molar-refractivity contribution in [3.8, 4) is 0 Å². The lowest BCUT2D eigenvalue weighted by Gasteiger charge is -2.31. The van der Waals surface area contributed by atoms with Crippen LogP contribution in [0.25, 0.3) is 10.9 Å². The van der Waals surface area contributed by atoms with E-state index >= 15 is 0 Å². The number of nitrogens with one attached hydrogen (secondary N) is 1. The minimum absolute atomic E-state index is 0.213. The van der Waals surface area contributed by atoms with Crippen LogP contribution in [0.1, 0.15) is 10.5 Å². The number of ketones is 1. The molecule has 0 radical (unpaired) electrons. The number of likely N-dealkylation sites (N-methyl/N-ethyl adjacent to an activating group) is 1. The summed E-state index contributed by atoms with van der Waals surface area (Å²) in [6.07, 6.45) is 0. The van der Waals surface area contributed by atoms with E-state index in [1.54, 1.807) is 11.0 Å². The third-order valence-electron chi connectivity index (χ3n) is 3.67. The van der Waals surface area contributed by atoms with E-state index in [0.717, 1.165) is 18.6 Å². The number of Topliss-reactive ketones (excluding diaryl/α,β-unsaturated/α-hetero) is 1. The third kappa shape index (κ3) is 2.18. The molecule has 0 bridgehead atoms. The van der Waals surface area contributed by atoms with Crippen molar-refractivity contribution in [1.29, 1.82) is 0 Å². The SMILES string of the molecule is CN1CCN(C(=O)C(=O)c2n[nH]c3ccccc23)CC1. The molecule has 1 aromatic carbocycles. The normalized spacial score (nSPS) is 16.6. The van der Waals surface area contributed by atoms with E-state index in [4.69, 9.17) is 0 Å². The second-order valence-corrected chi connectivity index (χ2v) is 5.04. The Morgan fingerprint density at radius 1 is 1.15 bits per heavy atom. The summed E-state index contributed by atoms with van der Waals surface area (Å²) in [6.45, 7) is 2.76. The first kappa shape index (κ1) is 12.8. The molecule has 1 aromatic heterocycles. The zero-order valence-corrected chi connectivity index (χ0v) is 11.3. The van der Waals surface area contributed by atoms with Crippen LogP contribution in [0, 0.1) is 0 Å². The minimum Gasteiger partial charge on any atom is -0.333 e. The highest BCUT2D eigenvalue weighted by molar-refractivity contribution is 6.44. The highest BCUT2D eigenvalue weighted by Crippen LogP contribution is 2.16. The molecule has 1 N–H and O–H groups in total. The van der Waals surface area contributed by atoms with E-state index in [1.165, 1.54) is 0 Å². The lowest BCUT2D eigenvalue weighted by molar-refractivity contribution is -0.127. The predicted octanol–water partition coefficient (Wildman–Crippen LogP) is 0.520. The first-order valence-electron chi connectivity index (χ1n) is 6.62. The van der Waals surface area contributed by atoms with Crippen LogP contribution >= 0.6 is 0 Å². The number of hydrogen-bond acceptors (Lipinski definition) is 4. The number of amides is 1. The molecule has 2 heterocycles. The molecule has 1 fully saturated rings. The Kier molecular flexibility index (Phi) is 3.23. The van der Waals surface area contributed by atoms with Crippen LogP contribution in [-0.4, -0.2) is 64.9 Å². The summed E-state index contributed by atoms with van der Waals surface area (Å²) >= 11 is 0. The van der Waals surface area contributed by atoms with Gasteiger partial charge in [0.15, 0.2) is 0 Å². The van der Waals surface area contributed by atoms with E-state index in [1.807, 2.05) is 25.2 Å². The van der Waals surface area contributed by atoms with Crippen molar-refractivity contribution in [3.63, 3.8) is 0 Å². The van der Waals surface area contributed by atoms with Crippen molar-refractivity contribution in [2.75, 3.05) is 33.2 Å². The number of nitrogens with zero attached hydrogens (tertiary/aromatic N) is 3. The van der Waals surface area contributed by atoms with Crippen molar-refractivity contribution >= 4 is 22.6 Å². The monoisotopic (exact) mass is 272 g/mol. The number of aromatic amines is 1. The smallest absolute Gasteiger partial charge is 0.296 e.